The molecule has 96 valence electrons. The minimum Gasteiger partial charge on any atom is -0.342 e. The molecule has 1 amide bonds. The molecule has 0 aliphatic carbocycles. The van der Waals surface area contributed by atoms with Crippen molar-refractivity contribution in [3.05, 3.63) is 36.2 Å². The third kappa shape index (κ3) is 2.51. The normalized spacial score (nSPS) is 10.8. The SMILES string of the molecule is CNCCCN(C)C(=O)c1cnn2ccccc12. The Bertz CT molecular complexity index is 535. The Kier molecular flexibility index (Phi) is 3.94. The van der Waals surface area contributed by atoms with Gasteiger partial charge in [-0.15, -0.1) is 0 Å². The molecule has 0 atom stereocenters. The topological polar surface area (TPSA) is 49.6 Å². The summed E-state index contributed by atoms with van der Waals surface area (Å²) >= 11 is 0. The van der Waals surface area contributed by atoms with Gasteiger partial charge >= 0.3 is 0 Å². The second kappa shape index (κ2) is 5.64. The fourth-order valence-corrected chi connectivity index (χ4v) is 1.90. The van der Waals surface area contributed by atoms with E-state index < -0.39 is 0 Å². The van der Waals surface area contributed by atoms with E-state index in [1.54, 1.807) is 15.6 Å². The molecule has 2 heterocycles. The van der Waals surface area contributed by atoms with Crippen LogP contribution in [-0.2, 0) is 0 Å². The molecular formula is C13H18N4O. The highest BCUT2D eigenvalue weighted by molar-refractivity contribution is 6.00. The van der Waals surface area contributed by atoms with Crippen LogP contribution in [0.1, 0.15) is 16.8 Å². The first-order chi connectivity index (χ1) is 8.74. The third-order valence-electron chi connectivity index (χ3n) is 2.92. The van der Waals surface area contributed by atoms with Crippen LogP contribution in [0.15, 0.2) is 30.6 Å². The molecule has 0 bridgehead atoms. The molecule has 2 rings (SSSR count). The van der Waals surface area contributed by atoms with E-state index >= 15 is 0 Å². The summed E-state index contributed by atoms with van der Waals surface area (Å²) in [4.78, 5) is 14.0. The number of hydrogen-bond donors (Lipinski definition) is 1. The van der Waals surface area contributed by atoms with Crippen LogP contribution in [0.25, 0.3) is 5.52 Å². The molecule has 2 aromatic heterocycles. The monoisotopic (exact) mass is 246 g/mol. The largest absolute Gasteiger partial charge is 0.342 e. The Balaban J connectivity index is 2.13. The Morgan fingerprint density at radius 3 is 3.11 bits per heavy atom. The molecule has 0 unspecified atom stereocenters. The van der Waals surface area contributed by atoms with Gasteiger partial charge in [-0.25, -0.2) is 4.52 Å². The molecule has 5 nitrogen and oxygen atoms in total. The van der Waals surface area contributed by atoms with Crippen LogP contribution in [0.5, 0.6) is 0 Å². The van der Waals surface area contributed by atoms with E-state index in [4.69, 9.17) is 0 Å². The highest BCUT2D eigenvalue weighted by Gasteiger charge is 2.15. The van der Waals surface area contributed by atoms with Crippen molar-refractivity contribution in [3.63, 3.8) is 0 Å². The summed E-state index contributed by atoms with van der Waals surface area (Å²) in [6.45, 7) is 1.65. The molecule has 2 aromatic rings. The Morgan fingerprint density at radius 1 is 1.50 bits per heavy atom. The zero-order valence-electron chi connectivity index (χ0n) is 10.8. The van der Waals surface area contributed by atoms with Crippen molar-refractivity contribution in [2.45, 2.75) is 6.42 Å². The summed E-state index contributed by atoms with van der Waals surface area (Å²) in [6.07, 6.45) is 4.41. The minimum absolute atomic E-state index is 0.0207. The quantitative estimate of drug-likeness (QED) is 0.801. The molecule has 0 aliphatic heterocycles. The maximum absolute atomic E-state index is 12.3. The van der Waals surface area contributed by atoms with Crippen LogP contribution in [0.3, 0.4) is 0 Å². The van der Waals surface area contributed by atoms with Crippen molar-refractivity contribution < 1.29 is 4.79 Å². The number of aromatic nitrogens is 2. The van der Waals surface area contributed by atoms with Crippen molar-refractivity contribution in [3.8, 4) is 0 Å². The van der Waals surface area contributed by atoms with E-state index in [1.807, 2.05) is 38.5 Å². The van der Waals surface area contributed by atoms with Crippen molar-refractivity contribution in [2.75, 3.05) is 27.2 Å². The van der Waals surface area contributed by atoms with Crippen molar-refractivity contribution in [1.82, 2.24) is 19.8 Å². The van der Waals surface area contributed by atoms with Crippen molar-refractivity contribution >= 4 is 11.4 Å². The van der Waals surface area contributed by atoms with Gasteiger partial charge in [-0.1, -0.05) is 6.07 Å². The summed E-state index contributed by atoms with van der Waals surface area (Å²) in [7, 11) is 3.73. The first-order valence-corrected chi connectivity index (χ1v) is 6.06. The number of pyridine rings is 1. The Morgan fingerprint density at radius 2 is 2.33 bits per heavy atom. The predicted molar refractivity (Wildman–Crippen MR) is 70.7 cm³/mol. The van der Waals surface area contributed by atoms with Crippen LogP contribution in [-0.4, -0.2) is 47.6 Å². The summed E-state index contributed by atoms with van der Waals surface area (Å²) in [5.74, 6) is 0.0207. The number of fused-ring (bicyclic) bond motifs is 1. The molecule has 1 N–H and O–H groups in total. The lowest BCUT2D eigenvalue weighted by atomic mass is 10.2. The van der Waals surface area contributed by atoms with E-state index in [-0.39, 0.29) is 5.91 Å². The van der Waals surface area contributed by atoms with E-state index in [0.29, 0.717) is 5.56 Å². The number of nitrogens with zero attached hydrogens (tertiary/aromatic N) is 3. The van der Waals surface area contributed by atoms with Gasteiger partial charge in [0.2, 0.25) is 0 Å². The smallest absolute Gasteiger partial charge is 0.257 e. The highest BCUT2D eigenvalue weighted by atomic mass is 16.2. The number of rotatable bonds is 5. The lowest BCUT2D eigenvalue weighted by molar-refractivity contribution is 0.0795. The van der Waals surface area contributed by atoms with Crippen LogP contribution >= 0.6 is 0 Å². The molecule has 0 saturated heterocycles. The summed E-state index contributed by atoms with van der Waals surface area (Å²) < 4.78 is 1.72. The molecule has 0 saturated carbocycles. The molecule has 18 heavy (non-hydrogen) atoms. The van der Waals surface area contributed by atoms with Crippen molar-refractivity contribution in [1.29, 1.82) is 0 Å². The molecule has 0 spiro atoms. The van der Waals surface area contributed by atoms with Gasteiger partial charge in [-0.3, -0.25) is 4.79 Å². The predicted octanol–water partition coefficient (Wildman–Crippen LogP) is 1.02. The number of carbonyl (C=O) groups excluding carboxylic acids is 1. The summed E-state index contributed by atoms with van der Waals surface area (Å²) in [5.41, 5.74) is 1.51. The number of amides is 1. The van der Waals surface area contributed by atoms with Crippen LogP contribution < -0.4 is 5.32 Å². The van der Waals surface area contributed by atoms with E-state index in [9.17, 15) is 4.79 Å². The lowest BCUT2D eigenvalue weighted by Crippen LogP contribution is -2.29. The number of hydrogen-bond acceptors (Lipinski definition) is 3. The van der Waals surface area contributed by atoms with Crippen LogP contribution in [0.2, 0.25) is 0 Å². The van der Waals surface area contributed by atoms with Gasteiger partial charge < -0.3 is 10.2 Å². The van der Waals surface area contributed by atoms with Gasteiger partial charge in [0.05, 0.1) is 17.3 Å². The van der Waals surface area contributed by atoms with Gasteiger partial charge in [0.1, 0.15) is 0 Å². The fourth-order valence-electron chi connectivity index (χ4n) is 1.90. The van der Waals surface area contributed by atoms with E-state index in [1.165, 1.54) is 0 Å². The van der Waals surface area contributed by atoms with E-state index in [2.05, 4.69) is 10.4 Å². The number of nitrogens with one attached hydrogen (secondary N) is 1. The second-order valence-electron chi connectivity index (χ2n) is 4.27. The lowest BCUT2D eigenvalue weighted by Gasteiger charge is -2.16. The zero-order chi connectivity index (χ0) is 13.0. The van der Waals surface area contributed by atoms with E-state index in [0.717, 1.165) is 25.0 Å². The maximum atomic E-state index is 12.3. The first-order valence-electron chi connectivity index (χ1n) is 6.06. The third-order valence-corrected chi connectivity index (χ3v) is 2.92. The van der Waals surface area contributed by atoms with Gasteiger partial charge in [-0.05, 0) is 32.1 Å². The second-order valence-corrected chi connectivity index (χ2v) is 4.27. The Hall–Kier alpha value is -1.88. The molecule has 0 aliphatic rings. The fraction of sp³-hybridized carbons (Fsp3) is 0.385. The maximum Gasteiger partial charge on any atom is 0.257 e. The van der Waals surface area contributed by atoms with Crippen LogP contribution in [0.4, 0.5) is 0 Å². The van der Waals surface area contributed by atoms with Crippen LogP contribution in [0, 0.1) is 0 Å². The van der Waals surface area contributed by atoms with Gasteiger partial charge in [0.15, 0.2) is 0 Å². The summed E-state index contributed by atoms with van der Waals surface area (Å²) in [6, 6.07) is 5.71. The average Bonchev–Trinajstić information content (AvgIpc) is 2.82. The molecule has 5 heteroatoms. The summed E-state index contributed by atoms with van der Waals surface area (Å²) in [5, 5.41) is 7.25. The van der Waals surface area contributed by atoms with Crippen molar-refractivity contribution in [2.24, 2.45) is 0 Å². The zero-order valence-corrected chi connectivity index (χ0v) is 10.8. The first kappa shape index (κ1) is 12.6. The average molecular weight is 246 g/mol. The number of carbonyl (C=O) groups is 1. The standard InChI is InChI=1S/C13H18N4O/c1-14-7-5-8-16(2)13(18)11-10-15-17-9-4-3-6-12(11)17/h3-4,6,9-10,14H,5,7-8H2,1-2H3. The van der Waals surface area contributed by atoms with Gasteiger partial charge in [0, 0.05) is 19.8 Å². The Labute approximate surface area is 106 Å². The minimum atomic E-state index is 0.0207. The molecular weight excluding hydrogens is 228 g/mol. The van der Waals surface area contributed by atoms with Gasteiger partial charge in [0.25, 0.3) is 5.91 Å². The highest BCUT2D eigenvalue weighted by Crippen LogP contribution is 2.12. The molecule has 0 fully saturated rings. The molecule has 0 radical (unpaired) electrons. The van der Waals surface area contributed by atoms with Gasteiger partial charge in [-0.2, -0.15) is 5.10 Å². The molecule has 0 aromatic carbocycles.